The molecule has 0 fully saturated rings. The fourth-order valence-corrected chi connectivity index (χ4v) is 2.47. The Morgan fingerprint density at radius 3 is 2.75 bits per heavy atom. The number of anilines is 1. The number of hydrogen-bond donors (Lipinski definition) is 1. The normalized spacial score (nSPS) is 10.7. The molecule has 0 saturated carbocycles. The molecule has 100 valence electrons. The summed E-state index contributed by atoms with van der Waals surface area (Å²) in [6, 6.07) is 13.3. The van der Waals surface area contributed by atoms with Gasteiger partial charge in [0.25, 0.3) is 5.89 Å². The number of aromatic nitrogens is 2. The molecule has 0 radical (unpaired) electrons. The summed E-state index contributed by atoms with van der Waals surface area (Å²) < 4.78 is 6.37. The van der Waals surface area contributed by atoms with Crippen molar-refractivity contribution in [1.82, 2.24) is 10.1 Å². The molecule has 0 unspecified atom stereocenters. The predicted octanol–water partition coefficient (Wildman–Crippen LogP) is 4.06. The van der Waals surface area contributed by atoms with Crippen molar-refractivity contribution in [2.45, 2.75) is 6.92 Å². The van der Waals surface area contributed by atoms with Crippen molar-refractivity contribution in [3.05, 3.63) is 52.5 Å². The van der Waals surface area contributed by atoms with E-state index in [9.17, 15) is 0 Å². The summed E-state index contributed by atoms with van der Waals surface area (Å²) >= 11 is 3.44. The first kappa shape index (κ1) is 12.9. The number of hydrogen-bond acceptors (Lipinski definition) is 4. The van der Waals surface area contributed by atoms with E-state index in [2.05, 4.69) is 26.1 Å². The third-order valence-electron chi connectivity index (χ3n) is 2.99. The first-order valence-electron chi connectivity index (χ1n) is 6.09. The van der Waals surface area contributed by atoms with Gasteiger partial charge in [-0.2, -0.15) is 4.98 Å². The number of nitrogens with zero attached hydrogens (tertiary/aromatic N) is 2. The van der Waals surface area contributed by atoms with Gasteiger partial charge in [0.2, 0.25) is 5.82 Å². The number of aryl methyl sites for hydroxylation is 1. The molecule has 0 aliphatic carbocycles. The van der Waals surface area contributed by atoms with Crippen LogP contribution in [0.5, 0.6) is 0 Å². The molecule has 3 aromatic rings. The Morgan fingerprint density at radius 1 is 1.15 bits per heavy atom. The van der Waals surface area contributed by atoms with Gasteiger partial charge in [-0.15, -0.1) is 0 Å². The van der Waals surface area contributed by atoms with E-state index in [1.807, 2.05) is 49.4 Å². The van der Waals surface area contributed by atoms with Gasteiger partial charge in [-0.3, -0.25) is 0 Å². The molecule has 1 heterocycles. The molecule has 0 aliphatic heterocycles. The van der Waals surface area contributed by atoms with Gasteiger partial charge in [0, 0.05) is 21.3 Å². The van der Waals surface area contributed by atoms with Gasteiger partial charge < -0.3 is 10.3 Å². The lowest BCUT2D eigenvalue weighted by molar-refractivity contribution is 0.432. The summed E-state index contributed by atoms with van der Waals surface area (Å²) in [4.78, 5) is 4.43. The maximum absolute atomic E-state index is 5.76. The smallest absolute Gasteiger partial charge is 0.258 e. The quantitative estimate of drug-likeness (QED) is 0.720. The highest BCUT2D eigenvalue weighted by Gasteiger charge is 2.12. The molecule has 4 nitrogen and oxygen atoms in total. The van der Waals surface area contributed by atoms with Gasteiger partial charge >= 0.3 is 0 Å². The molecule has 20 heavy (non-hydrogen) atoms. The van der Waals surface area contributed by atoms with E-state index in [0.717, 1.165) is 21.2 Å². The van der Waals surface area contributed by atoms with Crippen LogP contribution in [0.2, 0.25) is 0 Å². The fraction of sp³-hybridized carbons (Fsp3) is 0.0667. The van der Waals surface area contributed by atoms with Gasteiger partial charge in [-0.1, -0.05) is 33.2 Å². The zero-order valence-corrected chi connectivity index (χ0v) is 12.4. The molecule has 3 rings (SSSR count). The maximum atomic E-state index is 5.76. The van der Waals surface area contributed by atoms with Gasteiger partial charge in [0.1, 0.15) is 0 Å². The summed E-state index contributed by atoms with van der Waals surface area (Å²) in [6.45, 7) is 2.00. The Kier molecular flexibility index (Phi) is 3.28. The van der Waals surface area contributed by atoms with Crippen molar-refractivity contribution in [3.63, 3.8) is 0 Å². The highest BCUT2D eigenvalue weighted by Crippen LogP contribution is 2.27. The van der Waals surface area contributed by atoms with Gasteiger partial charge in [0.15, 0.2) is 0 Å². The number of benzene rings is 2. The molecule has 2 aromatic carbocycles. The van der Waals surface area contributed by atoms with Crippen LogP contribution in [0.4, 0.5) is 5.69 Å². The first-order chi connectivity index (χ1) is 9.63. The van der Waals surface area contributed by atoms with E-state index in [4.69, 9.17) is 10.3 Å². The molecular formula is C15H12BrN3O. The van der Waals surface area contributed by atoms with Crippen LogP contribution in [-0.4, -0.2) is 10.1 Å². The summed E-state index contributed by atoms with van der Waals surface area (Å²) in [7, 11) is 0. The van der Waals surface area contributed by atoms with Crippen molar-refractivity contribution in [3.8, 4) is 22.8 Å². The Labute approximate surface area is 124 Å². The summed E-state index contributed by atoms with van der Waals surface area (Å²) in [5.74, 6) is 1.04. The lowest BCUT2D eigenvalue weighted by Gasteiger charge is -2.00. The topological polar surface area (TPSA) is 64.9 Å². The molecule has 0 amide bonds. The number of halogens is 1. The van der Waals surface area contributed by atoms with Gasteiger partial charge in [-0.05, 0) is 42.8 Å². The Bertz CT molecular complexity index is 767. The van der Waals surface area contributed by atoms with E-state index in [1.54, 1.807) is 0 Å². The summed E-state index contributed by atoms with van der Waals surface area (Å²) in [6.07, 6.45) is 0. The Balaban J connectivity index is 2.02. The highest BCUT2D eigenvalue weighted by atomic mass is 79.9. The molecule has 0 spiro atoms. The van der Waals surface area contributed by atoms with Crippen LogP contribution in [0.1, 0.15) is 5.56 Å². The van der Waals surface area contributed by atoms with Gasteiger partial charge in [0.05, 0.1) is 0 Å². The van der Waals surface area contributed by atoms with E-state index in [1.165, 1.54) is 0 Å². The Morgan fingerprint density at radius 2 is 2.00 bits per heavy atom. The lowest BCUT2D eigenvalue weighted by atomic mass is 10.1. The van der Waals surface area contributed by atoms with E-state index >= 15 is 0 Å². The second kappa shape index (κ2) is 5.09. The minimum absolute atomic E-state index is 0.507. The standard InChI is InChI=1S/C15H12BrN3O/c1-9-7-11(16)5-6-13(9)15-18-14(19-20-15)10-3-2-4-12(17)8-10/h2-8H,17H2,1H3. The molecule has 0 atom stereocenters. The van der Waals surface area contributed by atoms with Crippen molar-refractivity contribution in [1.29, 1.82) is 0 Å². The zero-order valence-electron chi connectivity index (χ0n) is 10.8. The van der Waals surface area contributed by atoms with E-state index in [0.29, 0.717) is 17.4 Å². The van der Waals surface area contributed by atoms with Crippen LogP contribution >= 0.6 is 15.9 Å². The minimum Gasteiger partial charge on any atom is -0.399 e. The fourth-order valence-electron chi connectivity index (χ4n) is 1.99. The van der Waals surface area contributed by atoms with Crippen molar-refractivity contribution >= 4 is 21.6 Å². The van der Waals surface area contributed by atoms with Crippen molar-refractivity contribution < 1.29 is 4.52 Å². The maximum Gasteiger partial charge on any atom is 0.258 e. The van der Waals surface area contributed by atoms with E-state index in [-0.39, 0.29) is 0 Å². The molecule has 0 saturated heterocycles. The number of rotatable bonds is 2. The monoisotopic (exact) mass is 329 g/mol. The first-order valence-corrected chi connectivity index (χ1v) is 6.89. The molecule has 2 N–H and O–H groups in total. The Hall–Kier alpha value is -2.14. The predicted molar refractivity (Wildman–Crippen MR) is 82.0 cm³/mol. The molecule has 1 aromatic heterocycles. The average Bonchev–Trinajstić information content (AvgIpc) is 2.88. The van der Waals surface area contributed by atoms with Crippen LogP contribution in [0.3, 0.4) is 0 Å². The minimum atomic E-state index is 0.507. The average molecular weight is 330 g/mol. The summed E-state index contributed by atoms with van der Waals surface area (Å²) in [5, 5.41) is 4.01. The third kappa shape index (κ3) is 2.44. The third-order valence-corrected chi connectivity index (χ3v) is 3.48. The number of nitrogen functional groups attached to an aromatic ring is 1. The van der Waals surface area contributed by atoms with Crippen molar-refractivity contribution in [2.75, 3.05) is 5.73 Å². The molecule has 5 heteroatoms. The molecule has 0 aliphatic rings. The largest absolute Gasteiger partial charge is 0.399 e. The SMILES string of the molecule is Cc1cc(Br)ccc1-c1nc(-c2cccc(N)c2)no1. The summed E-state index contributed by atoms with van der Waals surface area (Å²) in [5.41, 5.74) is 9.28. The zero-order chi connectivity index (χ0) is 14.1. The lowest BCUT2D eigenvalue weighted by Crippen LogP contribution is -1.87. The molecular weight excluding hydrogens is 318 g/mol. The molecule has 0 bridgehead atoms. The number of nitrogens with two attached hydrogens (primary N) is 1. The van der Waals surface area contributed by atoms with Crippen LogP contribution in [0.15, 0.2) is 51.5 Å². The van der Waals surface area contributed by atoms with Crippen LogP contribution < -0.4 is 5.73 Å². The second-order valence-electron chi connectivity index (χ2n) is 4.51. The second-order valence-corrected chi connectivity index (χ2v) is 5.42. The van der Waals surface area contributed by atoms with Crippen molar-refractivity contribution in [2.24, 2.45) is 0 Å². The van der Waals surface area contributed by atoms with Crippen LogP contribution in [-0.2, 0) is 0 Å². The van der Waals surface area contributed by atoms with Gasteiger partial charge in [-0.25, -0.2) is 0 Å². The van der Waals surface area contributed by atoms with Crippen LogP contribution in [0.25, 0.3) is 22.8 Å². The van der Waals surface area contributed by atoms with E-state index < -0.39 is 0 Å². The highest BCUT2D eigenvalue weighted by molar-refractivity contribution is 9.10. The van der Waals surface area contributed by atoms with Crippen LogP contribution in [0, 0.1) is 6.92 Å².